The number of imidazole rings is 1. The Balaban J connectivity index is 2.08. The normalized spacial score (nSPS) is 11.7. The first-order valence-corrected chi connectivity index (χ1v) is 7.64. The highest BCUT2D eigenvalue weighted by atomic mass is 32.2. The molecule has 0 atom stereocenters. The molecule has 3 N–H and O–H groups in total. The van der Waals surface area contributed by atoms with Gasteiger partial charge in [0.05, 0.1) is 0 Å². The molecule has 0 fully saturated rings. The van der Waals surface area contributed by atoms with Gasteiger partial charge in [-0.05, 0) is 30.7 Å². The summed E-state index contributed by atoms with van der Waals surface area (Å²) in [7, 11) is -3.88. The van der Waals surface area contributed by atoms with E-state index in [0.29, 0.717) is 5.65 Å². The third-order valence-corrected chi connectivity index (χ3v) is 4.31. The summed E-state index contributed by atoms with van der Waals surface area (Å²) in [4.78, 5) is 8.06. The predicted octanol–water partition coefficient (Wildman–Crippen LogP) is 1.42. The number of aryl methyl sites for hydroxylation is 1. The number of nitrogen functional groups attached to an aromatic ring is 1. The molecule has 0 saturated carbocycles. The Bertz CT molecular complexity index is 900. The van der Waals surface area contributed by atoms with Crippen LogP contribution in [-0.4, -0.2) is 22.8 Å². The highest BCUT2D eigenvalue weighted by Crippen LogP contribution is 2.22. The first-order valence-electron chi connectivity index (χ1n) is 6.15. The number of hydrogen-bond donors (Lipinski definition) is 2. The second-order valence-corrected chi connectivity index (χ2v) is 6.16. The van der Waals surface area contributed by atoms with E-state index >= 15 is 0 Å². The van der Waals surface area contributed by atoms with E-state index in [0.717, 1.165) is 5.56 Å². The first-order chi connectivity index (χ1) is 9.97. The van der Waals surface area contributed by atoms with Crippen molar-refractivity contribution >= 4 is 27.3 Å². The van der Waals surface area contributed by atoms with Crippen molar-refractivity contribution in [1.29, 1.82) is 0 Å². The van der Waals surface area contributed by atoms with Gasteiger partial charge in [0.1, 0.15) is 11.5 Å². The fraction of sp³-hybridized carbons (Fsp3) is 0.0769. The summed E-state index contributed by atoms with van der Waals surface area (Å²) in [5.41, 5.74) is 7.15. The number of nitrogens with zero attached hydrogens (tertiary/aromatic N) is 3. The number of nitrogens with one attached hydrogen (secondary N) is 1. The van der Waals surface area contributed by atoms with Crippen LogP contribution in [0.3, 0.4) is 0 Å². The van der Waals surface area contributed by atoms with Crippen LogP contribution < -0.4 is 10.5 Å². The first kappa shape index (κ1) is 13.4. The topological polar surface area (TPSA) is 102 Å². The van der Waals surface area contributed by atoms with E-state index in [1.165, 1.54) is 4.40 Å². The van der Waals surface area contributed by atoms with Gasteiger partial charge in [-0.2, -0.15) is 8.42 Å². The predicted molar refractivity (Wildman–Crippen MR) is 79.4 cm³/mol. The van der Waals surface area contributed by atoms with Crippen molar-refractivity contribution < 1.29 is 8.42 Å². The molecule has 0 aliphatic carbocycles. The number of nitrogens with two attached hydrogens (primary N) is 1. The zero-order valence-corrected chi connectivity index (χ0v) is 12.0. The molecule has 0 aliphatic rings. The zero-order valence-electron chi connectivity index (χ0n) is 11.2. The summed E-state index contributed by atoms with van der Waals surface area (Å²) in [6.45, 7) is 1.87. The van der Waals surface area contributed by atoms with Gasteiger partial charge in [-0.3, -0.25) is 9.12 Å². The molecule has 108 valence electrons. The van der Waals surface area contributed by atoms with E-state index in [4.69, 9.17) is 5.73 Å². The van der Waals surface area contributed by atoms with Crippen LogP contribution in [0.2, 0.25) is 0 Å². The van der Waals surface area contributed by atoms with Crippen molar-refractivity contribution in [2.24, 2.45) is 0 Å². The molecule has 0 amide bonds. The Hall–Kier alpha value is -2.61. The molecule has 0 aromatic carbocycles. The lowest BCUT2D eigenvalue weighted by Gasteiger charge is -2.07. The molecule has 0 saturated heterocycles. The second kappa shape index (κ2) is 4.74. The number of rotatable bonds is 3. The number of hydrogen-bond acceptors (Lipinski definition) is 5. The van der Waals surface area contributed by atoms with E-state index in [2.05, 4.69) is 14.7 Å². The Morgan fingerprint density at radius 2 is 2.05 bits per heavy atom. The van der Waals surface area contributed by atoms with Gasteiger partial charge >= 0.3 is 0 Å². The summed E-state index contributed by atoms with van der Waals surface area (Å²) < 4.78 is 28.8. The SMILES string of the molecule is Cc1ccc(NS(=O)(=O)c2c(N)nc3ccccn23)nc1. The van der Waals surface area contributed by atoms with Crippen LogP contribution in [0.25, 0.3) is 5.65 Å². The molecule has 3 heterocycles. The van der Waals surface area contributed by atoms with E-state index in [9.17, 15) is 8.42 Å². The third kappa shape index (κ3) is 2.40. The average molecular weight is 303 g/mol. The highest BCUT2D eigenvalue weighted by molar-refractivity contribution is 7.92. The van der Waals surface area contributed by atoms with Gasteiger partial charge in [-0.15, -0.1) is 0 Å². The minimum atomic E-state index is -3.88. The van der Waals surface area contributed by atoms with Crippen molar-refractivity contribution in [2.75, 3.05) is 10.5 Å². The molecule has 3 aromatic heterocycles. The smallest absolute Gasteiger partial charge is 0.282 e. The molecule has 0 spiro atoms. The van der Waals surface area contributed by atoms with Crippen LogP contribution in [-0.2, 0) is 10.0 Å². The minimum Gasteiger partial charge on any atom is -0.381 e. The summed E-state index contributed by atoms with van der Waals surface area (Å²) in [5, 5.41) is -0.0968. The monoisotopic (exact) mass is 303 g/mol. The van der Waals surface area contributed by atoms with Gasteiger partial charge in [0.25, 0.3) is 10.0 Å². The van der Waals surface area contributed by atoms with Crippen LogP contribution in [0.1, 0.15) is 5.56 Å². The number of aromatic nitrogens is 3. The Morgan fingerprint density at radius 1 is 1.24 bits per heavy atom. The summed E-state index contributed by atoms with van der Waals surface area (Å²) >= 11 is 0. The molecule has 3 rings (SSSR count). The van der Waals surface area contributed by atoms with Crippen LogP contribution in [0.15, 0.2) is 47.8 Å². The van der Waals surface area contributed by atoms with E-state index in [1.54, 1.807) is 42.7 Å². The van der Waals surface area contributed by atoms with Crippen molar-refractivity contribution in [3.05, 3.63) is 48.3 Å². The zero-order chi connectivity index (χ0) is 15.0. The molecule has 21 heavy (non-hydrogen) atoms. The van der Waals surface area contributed by atoms with Gasteiger partial charge < -0.3 is 5.73 Å². The molecular formula is C13H13N5O2S. The van der Waals surface area contributed by atoms with Crippen LogP contribution in [0, 0.1) is 6.92 Å². The largest absolute Gasteiger partial charge is 0.381 e. The van der Waals surface area contributed by atoms with Gasteiger partial charge in [0.15, 0.2) is 5.82 Å². The average Bonchev–Trinajstić information content (AvgIpc) is 2.77. The molecule has 0 unspecified atom stereocenters. The molecule has 0 aliphatic heterocycles. The van der Waals surface area contributed by atoms with Crippen molar-refractivity contribution in [3.63, 3.8) is 0 Å². The summed E-state index contributed by atoms with van der Waals surface area (Å²) in [6.07, 6.45) is 3.17. The van der Waals surface area contributed by atoms with E-state index in [1.807, 2.05) is 6.92 Å². The summed E-state index contributed by atoms with van der Waals surface area (Å²) in [6, 6.07) is 8.50. The van der Waals surface area contributed by atoms with E-state index in [-0.39, 0.29) is 16.7 Å². The van der Waals surface area contributed by atoms with E-state index < -0.39 is 10.0 Å². The molecule has 3 aromatic rings. The number of pyridine rings is 2. The molecule has 7 nitrogen and oxygen atoms in total. The summed E-state index contributed by atoms with van der Waals surface area (Å²) in [5.74, 6) is 0.173. The fourth-order valence-electron chi connectivity index (χ4n) is 1.97. The standard InChI is InChI=1S/C13H13N5O2S/c1-9-5-6-10(15-8-9)17-21(19,20)13-12(14)16-11-4-2-3-7-18(11)13/h2-8H,14H2,1H3,(H,15,17). The number of sulfonamides is 1. The van der Waals surface area contributed by atoms with Crippen LogP contribution in [0.4, 0.5) is 11.6 Å². The Morgan fingerprint density at radius 3 is 2.76 bits per heavy atom. The van der Waals surface area contributed by atoms with Crippen LogP contribution >= 0.6 is 0 Å². The molecule has 8 heteroatoms. The van der Waals surface area contributed by atoms with Crippen molar-refractivity contribution in [2.45, 2.75) is 11.9 Å². The maximum atomic E-state index is 12.5. The van der Waals surface area contributed by atoms with Gasteiger partial charge in [0.2, 0.25) is 5.03 Å². The Kier molecular flexibility index (Phi) is 3.02. The lowest BCUT2D eigenvalue weighted by Crippen LogP contribution is -2.17. The lowest BCUT2D eigenvalue weighted by molar-refractivity contribution is 0.597. The van der Waals surface area contributed by atoms with Crippen molar-refractivity contribution in [1.82, 2.24) is 14.4 Å². The minimum absolute atomic E-state index is 0.0548. The number of fused-ring (bicyclic) bond motifs is 1. The van der Waals surface area contributed by atoms with Crippen molar-refractivity contribution in [3.8, 4) is 0 Å². The lowest BCUT2D eigenvalue weighted by atomic mass is 10.3. The van der Waals surface area contributed by atoms with Gasteiger partial charge in [-0.25, -0.2) is 9.97 Å². The highest BCUT2D eigenvalue weighted by Gasteiger charge is 2.24. The quantitative estimate of drug-likeness (QED) is 0.762. The second-order valence-electron chi connectivity index (χ2n) is 4.56. The molecule has 0 bridgehead atoms. The molecular weight excluding hydrogens is 290 g/mol. The third-order valence-electron chi connectivity index (χ3n) is 2.92. The van der Waals surface area contributed by atoms with Gasteiger partial charge in [0, 0.05) is 12.4 Å². The number of anilines is 2. The molecule has 0 radical (unpaired) electrons. The maximum absolute atomic E-state index is 12.5. The van der Waals surface area contributed by atoms with Gasteiger partial charge in [-0.1, -0.05) is 12.1 Å². The van der Waals surface area contributed by atoms with Crippen LogP contribution in [0.5, 0.6) is 0 Å². The maximum Gasteiger partial charge on any atom is 0.282 e. The fourth-order valence-corrected chi connectivity index (χ4v) is 3.20. The Labute approximate surface area is 121 Å².